The van der Waals surface area contributed by atoms with E-state index in [0.717, 1.165) is 10.1 Å². The molecule has 0 aliphatic heterocycles. The summed E-state index contributed by atoms with van der Waals surface area (Å²) < 4.78 is 0.823. The average molecular weight is 209 g/mol. The topological polar surface area (TPSA) is 0 Å². The molecule has 0 amide bonds. The van der Waals surface area contributed by atoms with Crippen molar-refractivity contribution in [1.29, 1.82) is 0 Å². The Balaban J connectivity index is 2.45. The van der Waals surface area contributed by atoms with Crippen LogP contribution in [-0.2, 0) is 20.4 Å². The van der Waals surface area contributed by atoms with Gasteiger partial charge in [-0.25, -0.2) is 0 Å². The molecule has 0 heterocycles. The molecule has 0 aromatic carbocycles. The fourth-order valence-corrected chi connectivity index (χ4v) is 3.70. The van der Waals surface area contributed by atoms with E-state index < -0.39 is 0 Å². The number of hydrogen-bond donors (Lipinski definition) is 0. The Bertz CT molecular complexity index is 296. The molecular weight excluding hydrogens is 192 g/mol. The van der Waals surface area contributed by atoms with E-state index in [1.165, 1.54) is 19.3 Å². The SMILES string of the molecule is CC1=C(C)C(C)C2=C1[CH]([Ti])CCC2. The van der Waals surface area contributed by atoms with Crippen LogP contribution < -0.4 is 0 Å². The first-order valence-electron chi connectivity index (χ1n) is 5.24. The van der Waals surface area contributed by atoms with E-state index in [9.17, 15) is 0 Å². The monoisotopic (exact) mass is 209 g/mol. The Labute approximate surface area is 92.9 Å². The van der Waals surface area contributed by atoms with Gasteiger partial charge in [0.25, 0.3) is 0 Å². The molecule has 0 saturated carbocycles. The first-order valence-corrected chi connectivity index (χ1v) is 6.15. The second-order valence-electron chi connectivity index (χ2n) is 4.41. The van der Waals surface area contributed by atoms with Crippen molar-refractivity contribution >= 4 is 0 Å². The molecule has 0 aromatic heterocycles. The van der Waals surface area contributed by atoms with Crippen molar-refractivity contribution < 1.29 is 20.4 Å². The summed E-state index contributed by atoms with van der Waals surface area (Å²) in [6.07, 6.45) is 4.16. The molecule has 1 heteroatoms. The fourth-order valence-electron chi connectivity index (χ4n) is 2.75. The molecule has 69 valence electrons. The minimum atomic E-state index is 0.748. The van der Waals surface area contributed by atoms with Crippen LogP contribution in [-0.4, -0.2) is 0 Å². The Hall–Kier alpha value is 0.194. The molecule has 0 N–H and O–H groups in total. The number of rotatable bonds is 0. The van der Waals surface area contributed by atoms with Gasteiger partial charge in [-0.2, -0.15) is 0 Å². The third-order valence-corrected chi connectivity index (χ3v) is 4.70. The van der Waals surface area contributed by atoms with Gasteiger partial charge in [0.1, 0.15) is 0 Å². The third-order valence-electron chi connectivity index (χ3n) is 3.80. The first kappa shape index (κ1) is 9.74. The molecule has 2 aliphatic rings. The van der Waals surface area contributed by atoms with E-state index in [1.54, 1.807) is 22.3 Å². The van der Waals surface area contributed by atoms with Gasteiger partial charge in [0.2, 0.25) is 0 Å². The Morgan fingerprint density at radius 1 is 1.31 bits per heavy atom. The second kappa shape index (κ2) is 3.40. The van der Waals surface area contributed by atoms with Gasteiger partial charge < -0.3 is 0 Å². The predicted molar refractivity (Wildman–Crippen MR) is 52.2 cm³/mol. The van der Waals surface area contributed by atoms with Gasteiger partial charge in [-0.1, -0.05) is 0 Å². The summed E-state index contributed by atoms with van der Waals surface area (Å²) in [6, 6.07) is 0. The molecule has 0 bridgehead atoms. The summed E-state index contributed by atoms with van der Waals surface area (Å²) in [6.45, 7) is 7.00. The van der Waals surface area contributed by atoms with Gasteiger partial charge in [0.15, 0.2) is 0 Å². The Morgan fingerprint density at radius 3 is 2.62 bits per heavy atom. The molecule has 0 radical (unpaired) electrons. The van der Waals surface area contributed by atoms with Crippen LogP contribution in [0.25, 0.3) is 0 Å². The summed E-state index contributed by atoms with van der Waals surface area (Å²) in [5, 5.41) is 0. The Morgan fingerprint density at radius 2 is 2.00 bits per heavy atom. The number of hydrogen-bond acceptors (Lipinski definition) is 0. The molecule has 0 saturated heterocycles. The molecule has 2 rings (SSSR count). The summed E-state index contributed by atoms with van der Waals surface area (Å²) >= 11 is 2.39. The molecular formula is C12H17Ti. The molecule has 2 unspecified atom stereocenters. The zero-order chi connectivity index (χ0) is 9.59. The molecule has 2 atom stereocenters. The molecule has 0 fully saturated rings. The van der Waals surface area contributed by atoms with Crippen LogP contribution >= 0.6 is 0 Å². The van der Waals surface area contributed by atoms with Crippen molar-refractivity contribution in [3.8, 4) is 0 Å². The van der Waals surface area contributed by atoms with Crippen LogP contribution in [0.1, 0.15) is 40.0 Å². The molecule has 2 aliphatic carbocycles. The van der Waals surface area contributed by atoms with Gasteiger partial charge in [-0.15, -0.1) is 0 Å². The van der Waals surface area contributed by atoms with Crippen molar-refractivity contribution in [1.82, 2.24) is 0 Å². The Kier molecular flexibility index (Phi) is 2.55. The fraction of sp³-hybridized carbons (Fsp3) is 0.667. The van der Waals surface area contributed by atoms with E-state index in [2.05, 4.69) is 41.2 Å². The van der Waals surface area contributed by atoms with Crippen LogP contribution in [0.5, 0.6) is 0 Å². The van der Waals surface area contributed by atoms with Crippen molar-refractivity contribution in [2.24, 2.45) is 5.92 Å². The van der Waals surface area contributed by atoms with Crippen LogP contribution in [0.3, 0.4) is 0 Å². The van der Waals surface area contributed by atoms with E-state index in [4.69, 9.17) is 0 Å². The first-order chi connectivity index (χ1) is 6.13. The van der Waals surface area contributed by atoms with Gasteiger partial charge in [0, 0.05) is 0 Å². The van der Waals surface area contributed by atoms with Crippen molar-refractivity contribution in [3.63, 3.8) is 0 Å². The van der Waals surface area contributed by atoms with Gasteiger partial charge in [-0.05, 0) is 0 Å². The van der Waals surface area contributed by atoms with Crippen molar-refractivity contribution in [2.45, 2.75) is 44.3 Å². The van der Waals surface area contributed by atoms with Crippen LogP contribution in [0.4, 0.5) is 0 Å². The van der Waals surface area contributed by atoms with Crippen LogP contribution in [0.15, 0.2) is 22.3 Å². The maximum absolute atomic E-state index is 2.39. The standard InChI is InChI=1S/C12H17.Ti/c1-8-9(2)11-6-4-5-7-12(11)10(8)3;/h6,10H,4-5,7H2,1-3H3;. The maximum atomic E-state index is 2.39. The van der Waals surface area contributed by atoms with Crippen LogP contribution in [0, 0.1) is 5.92 Å². The summed E-state index contributed by atoms with van der Waals surface area (Å²) in [5.41, 5.74) is 6.71. The normalized spacial score (nSPS) is 34.0. The zero-order valence-electron chi connectivity index (χ0n) is 8.78. The van der Waals surface area contributed by atoms with E-state index in [-0.39, 0.29) is 0 Å². The molecule has 0 nitrogen and oxygen atoms in total. The average Bonchev–Trinajstić information content (AvgIpc) is 2.33. The predicted octanol–water partition coefficient (Wildman–Crippen LogP) is 3.79. The molecule has 0 spiro atoms. The van der Waals surface area contributed by atoms with Crippen molar-refractivity contribution in [2.75, 3.05) is 0 Å². The minimum absolute atomic E-state index is 0.748. The summed E-state index contributed by atoms with van der Waals surface area (Å²) in [5.74, 6) is 0.748. The van der Waals surface area contributed by atoms with Gasteiger partial charge in [-0.3, -0.25) is 0 Å². The molecule has 0 aromatic rings. The molecule has 13 heavy (non-hydrogen) atoms. The van der Waals surface area contributed by atoms with E-state index >= 15 is 0 Å². The second-order valence-corrected chi connectivity index (χ2v) is 5.50. The van der Waals surface area contributed by atoms with E-state index in [0.29, 0.717) is 0 Å². The van der Waals surface area contributed by atoms with Gasteiger partial charge >= 0.3 is 92.9 Å². The third kappa shape index (κ3) is 1.39. The zero-order valence-corrected chi connectivity index (χ0v) is 10.3. The summed E-state index contributed by atoms with van der Waals surface area (Å²) in [7, 11) is 0. The summed E-state index contributed by atoms with van der Waals surface area (Å²) in [4.78, 5) is 0. The quantitative estimate of drug-likeness (QED) is 0.532. The number of allylic oxidation sites excluding steroid dienone is 4. The van der Waals surface area contributed by atoms with Crippen molar-refractivity contribution in [3.05, 3.63) is 22.3 Å². The van der Waals surface area contributed by atoms with Gasteiger partial charge in [0.05, 0.1) is 0 Å². The van der Waals surface area contributed by atoms with E-state index in [1.807, 2.05) is 0 Å². The van der Waals surface area contributed by atoms with Crippen LogP contribution in [0.2, 0.25) is 4.22 Å².